The van der Waals surface area contributed by atoms with Gasteiger partial charge in [0.2, 0.25) is 0 Å². The van der Waals surface area contributed by atoms with Gasteiger partial charge in [-0.05, 0) is 43.7 Å². The monoisotopic (exact) mass is 321 g/mol. The Kier molecular flexibility index (Phi) is 5.58. The van der Waals surface area contributed by atoms with Gasteiger partial charge < -0.3 is 15.3 Å². The molecule has 0 aromatic heterocycles. The van der Waals surface area contributed by atoms with Crippen molar-refractivity contribution in [1.29, 1.82) is 5.26 Å². The number of benzene rings is 2. The van der Waals surface area contributed by atoms with Gasteiger partial charge in [-0.25, -0.2) is 0 Å². The predicted molar refractivity (Wildman–Crippen MR) is 94.6 cm³/mol. The van der Waals surface area contributed by atoms with E-state index in [1.807, 2.05) is 49.1 Å². The summed E-state index contributed by atoms with van der Waals surface area (Å²) in [6.07, 6.45) is 1.52. The second kappa shape index (κ2) is 7.84. The first-order valence-corrected chi connectivity index (χ1v) is 7.59. The average Bonchev–Trinajstić information content (AvgIpc) is 2.58. The van der Waals surface area contributed by atoms with Crippen LogP contribution in [0.5, 0.6) is 5.75 Å². The van der Waals surface area contributed by atoms with Gasteiger partial charge in [-0.3, -0.25) is 4.79 Å². The molecule has 0 aliphatic heterocycles. The molecule has 0 aliphatic rings. The van der Waals surface area contributed by atoms with Crippen LogP contribution in [0.2, 0.25) is 0 Å². The Bertz CT molecular complexity index is 806. The van der Waals surface area contributed by atoms with Gasteiger partial charge in [0.15, 0.2) is 0 Å². The summed E-state index contributed by atoms with van der Waals surface area (Å²) in [6, 6.07) is 16.1. The number of hydrogen-bond donors (Lipinski definition) is 2. The molecule has 122 valence electrons. The molecule has 0 radical (unpaired) electrons. The Labute approximate surface area is 141 Å². The van der Waals surface area contributed by atoms with Crippen molar-refractivity contribution in [1.82, 2.24) is 0 Å². The highest BCUT2D eigenvalue weighted by Crippen LogP contribution is 2.22. The number of rotatable bonds is 5. The predicted octanol–water partition coefficient (Wildman–Crippen LogP) is 3.57. The SMILES string of the molecule is CCN(/C=C(/C#N)C(=O)Nc1ccccc1O)c1cccc(C)c1. The third-order valence-electron chi connectivity index (χ3n) is 3.48. The van der Waals surface area contributed by atoms with Crippen molar-refractivity contribution < 1.29 is 9.90 Å². The van der Waals surface area contributed by atoms with Crippen molar-refractivity contribution >= 4 is 17.3 Å². The first-order chi connectivity index (χ1) is 11.5. The molecule has 0 bridgehead atoms. The fourth-order valence-electron chi connectivity index (χ4n) is 2.22. The zero-order chi connectivity index (χ0) is 17.5. The summed E-state index contributed by atoms with van der Waals surface area (Å²) in [5.74, 6) is -0.612. The second-order valence-corrected chi connectivity index (χ2v) is 5.25. The van der Waals surface area contributed by atoms with Gasteiger partial charge in [-0.15, -0.1) is 0 Å². The van der Waals surface area contributed by atoms with Crippen LogP contribution in [-0.2, 0) is 4.79 Å². The number of phenolic OH excluding ortho intramolecular Hbond substituents is 1. The minimum absolute atomic E-state index is 0.0402. The molecule has 0 saturated carbocycles. The van der Waals surface area contributed by atoms with Gasteiger partial charge in [0.05, 0.1) is 5.69 Å². The number of carbonyl (C=O) groups is 1. The minimum atomic E-state index is -0.565. The lowest BCUT2D eigenvalue weighted by Crippen LogP contribution is -2.20. The molecule has 2 rings (SSSR count). The molecule has 0 fully saturated rings. The van der Waals surface area contributed by atoms with E-state index >= 15 is 0 Å². The average molecular weight is 321 g/mol. The summed E-state index contributed by atoms with van der Waals surface area (Å²) >= 11 is 0. The molecule has 5 nitrogen and oxygen atoms in total. The number of hydrogen-bond acceptors (Lipinski definition) is 4. The first-order valence-electron chi connectivity index (χ1n) is 7.59. The van der Waals surface area contributed by atoms with E-state index in [1.165, 1.54) is 12.3 Å². The van der Waals surface area contributed by atoms with Crippen molar-refractivity contribution in [2.75, 3.05) is 16.8 Å². The smallest absolute Gasteiger partial charge is 0.267 e. The van der Waals surface area contributed by atoms with Gasteiger partial charge in [-0.2, -0.15) is 5.26 Å². The van der Waals surface area contributed by atoms with Crippen molar-refractivity contribution in [3.05, 3.63) is 65.9 Å². The van der Waals surface area contributed by atoms with Crippen LogP contribution in [-0.4, -0.2) is 17.6 Å². The van der Waals surface area contributed by atoms with E-state index in [4.69, 9.17) is 0 Å². The van der Waals surface area contributed by atoms with E-state index < -0.39 is 5.91 Å². The van der Waals surface area contributed by atoms with E-state index in [2.05, 4.69) is 5.32 Å². The van der Waals surface area contributed by atoms with Crippen molar-refractivity contribution in [2.24, 2.45) is 0 Å². The number of aromatic hydroxyl groups is 1. The molecule has 0 saturated heterocycles. The maximum absolute atomic E-state index is 12.3. The van der Waals surface area contributed by atoms with E-state index in [9.17, 15) is 15.2 Å². The Morgan fingerprint density at radius 1 is 1.29 bits per heavy atom. The lowest BCUT2D eigenvalue weighted by molar-refractivity contribution is -0.112. The van der Waals surface area contributed by atoms with Crippen LogP contribution in [0.3, 0.4) is 0 Å². The van der Waals surface area contributed by atoms with Crippen LogP contribution in [0, 0.1) is 18.3 Å². The number of nitrogens with one attached hydrogen (secondary N) is 1. The summed E-state index contributed by atoms with van der Waals surface area (Å²) in [6.45, 7) is 4.53. The Hall–Kier alpha value is -3.26. The number of nitriles is 1. The zero-order valence-electron chi connectivity index (χ0n) is 13.7. The Balaban J connectivity index is 2.25. The van der Waals surface area contributed by atoms with Gasteiger partial charge in [0.1, 0.15) is 17.4 Å². The standard InChI is InChI=1S/C19H19N3O2/c1-3-22(16-8-6-7-14(2)11-16)13-15(12-20)19(24)21-17-9-4-5-10-18(17)23/h4-11,13,23H,3H2,1-2H3,(H,21,24)/b15-13-. The summed E-state index contributed by atoms with van der Waals surface area (Å²) in [5, 5.41) is 21.6. The molecule has 0 aliphatic carbocycles. The second-order valence-electron chi connectivity index (χ2n) is 5.25. The van der Waals surface area contributed by atoms with Gasteiger partial charge in [0.25, 0.3) is 5.91 Å². The third-order valence-corrected chi connectivity index (χ3v) is 3.48. The fourth-order valence-corrected chi connectivity index (χ4v) is 2.22. The minimum Gasteiger partial charge on any atom is -0.506 e. The maximum atomic E-state index is 12.3. The van der Waals surface area contributed by atoms with Crippen LogP contribution >= 0.6 is 0 Å². The van der Waals surface area contributed by atoms with E-state index in [0.29, 0.717) is 6.54 Å². The number of phenols is 1. The molecular weight excluding hydrogens is 302 g/mol. The molecule has 1 amide bonds. The normalized spacial score (nSPS) is 10.8. The highest BCUT2D eigenvalue weighted by molar-refractivity contribution is 6.07. The number of para-hydroxylation sites is 2. The summed E-state index contributed by atoms with van der Waals surface area (Å²) in [7, 11) is 0. The molecule has 0 atom stereocenters. The first kappa shape index (κ1) is 17.1. The van der Waals surface area contributed by atoms with E-state index in [1.54, 1.807) is 18.2 Å². The summed E-state index contributed by atoms with van der Waals surface area (Å²) < 4.78 is 0. The number of amides is 1. The topological polar surface area (TPSA) is 76.4 Å². The lowest BCUT2D eigenvalue weighted by Gasteiger charge is -2.19. The third kappa shape index (κ3) is 4.14. The van der Waals surface area contributed by atoms with Crippen molar-refractivity contribution in [2.45, 2.75) is 13.8 Å². The van der Waals surface area contributed by atoms with Crippen LogP contribution in [0.15, 0.2) is 60.3 Å². The number of nitrogens with zero attached hydrogens (tertiary/aromatic N) is 2. The quantitative estimate of drug-likeness (QED) is 0.501. The lowest BCUT2D eigenvalue weighted by atomic mass is 10.2. The van der Waals surface area contributed by atoms with Gasteiger partial charge in [0, 0.05) is 18.4 Å². The molecule has 2 N–H and O–H groups in total. The van der Waals surface area contributed by atoms with E-state index in [0.717, 1.165) is 11.3 Å². The largest absolute Gasteiger partial charge is 0.506 e. The molecular formula is C19H19N3O2. The molecule has 2 aromatic rings. The highest BCUT2D eigenvalue weighted by Gasteiger charge is 2.13. The number of carbonyl (C=O) groups excluding carboxylic acids is 1. The molecule has 0 heterocycles. The zero-order valence-corrected chi connectivity index (χ0v) is 13.7. The maximum Gasteiger partial charge on any atom is 0.267 e. The summed E-state index contributed by atoms with van der Waals surface area (Å²) in [4.78, 5) is 14.1. The summed E-state index contributed by atoms with van der Waals surface area (Å²) in [5.41, 5.74) is 2.22. The molecule has 5 heteroatoms. The van der Waals surface area contributed by atoms with Crippen LogP contribution < -0.4 is 10.2 Å². The van der Waals surface area contributed by atoms with Crippen LogP contribution in [0.25, 0.3) is 0 Å². The Morgan fingerprint density at radius 3 is 2.67 bits per heavy atom. The number of aryl methyl sites for hydroxylation is 1. The van der Waals surface area contributed by atoms with Gasteiger partial charge in [-0.1, -0.05) is 24.3 Å². The van der Waals surface area contributed by atoms with Crippen LogP contribution in [0.4, 0.5) is 11.4 Å². The van der Waals surface area contributed by atoms with Gasteiger partial charge >= 0.3 is 0 Å². The molecule has 0 unspecified atom stereocenters. The molecule has 24 heavy (non-hydrogen) atoms. The fraction of sp³-hybridized carbons (Fsp3) is 0.158. The highest BCUT2D eigenvalue weighted by atomic mass is 16.3. The Morgan fingerprint density at radius 2 is 2.04 bits per heavy atom. The van der Waals surface area contributed by atoms with Crippen molar-refractivity contribution in [3.63, 3.8) is 0 Å². The van der Waals surface area contributed by atoms with Crippen LogP contribution in [0.1, 0.15) is 12.5 Å². The van der Waals surface area contributed by atoms with E-state index in [-0.39, 0.29) is 17.0 Å². The van der Waals surface area contributed by atoms with Crippen molar-refractivity contribution in [3.8, 4) is 11.8 Å². The number of anilines is 2. The molecule has 0 spiro atoms. The molecule has 2 aromatic carbocycles.